The van der Waals surface area contributed by atoms with E-state index in [1.54, 1.807) is 24.1 Å². The number of hydrogen-bond acceptors (Lipinski definition) is 4. The molecule has 6 heteroatoms. The maximum absolute atomic E-state index is 13.6. The number of halogens is 1. The monoisotopic (exact) mass is 282 g/mol. The Morgan fingerprint density at radius 1 is 1.60 bits per heavy atom. The zero-order valence-electron chi connectivity index (χ0n) is 11.7. The van der Waals surface area contributed by atoms with Crippen molar-refractivity contribution in [2.45, 2.75) is 12.6 Å². The Kier molecular flexibility index (Phi) is 4.92. The molecule has 0 bridgehead atoms. The first-order chi connectivity index (χ1) is 9.61. The lowest BCUT2D eigenvalue weighted by Gasteiger charge is -2.27. The van der Waals surface area contributed by atoms with Crippen LogP contribution in [0.4, 0.5) is 4.39 Å². The Bertz CT molecular complexity index is 475. The van der Waals surface area contributed by atoms with E-state index in [-0.39, 0.29) is 17.7 Å². The largest absolute Gasteiger partial charge is 0.494 e. The molecular formula is C14H19FN2O3. The lowest BCUT2D eigenvalue weighted by atomic mass is 10.1. The number of carbonyl (C=O) groups excluding carboxylic acids is 1. The second-order valence-electron chi connectivity index (χ2n) is 4.74. The summed E-state index contributed by atoms with van der Waals surface area (Å²) >= 11 is 0. The van der Waals surface area contributed by atoms with Crippen LogP contribution in [0.1, 0.15) is 5.56 Å². The van der Waals surface area contributed by atoms with Crippen molar-refractivity contribution >= 4 is 5.91 Å². The van der Waals surface area contributed by atoms with Gasteiger partial charge in [0.05, 0.1) is 20.3 Å². The molecule has 1 heterocycles. The first-order valence-corrected chi connectivity index (χ1v) is 6.50. The molecular weight excluding hydrogens is 263 g/mol. The second-order valence-corrected chi connectivity index (χ2v) is 4.74. The van der Waals surface area contributed by atoms with Gasteiger partial charge < -0.3 is 19.7 Å². The van der Waals surface area contributed by atoms with Crippen molar-refractivity contribution in [3.8, 4) is 5.75 Å². The standard InChI is InChI=1S/C14H19FN2O3/c1-17(14(18)12-9-20-6-5-16-12)8-10-3-4-13(19-2)11(15)7-10/h3-4,7,12,16H,5-6,8-9H2,1-2H3/t12-/m1/s1. The van der Waals surface area contributed by atoms with Crippen LogP contribution < -0.4 is 10.1 Å². The highest BCUT2D eigenvalue weighted by atomic mass is 19.1. The highest BCUT2D eigenvalue weighted by molar-refractivity contribution is 5.81. The van der Waals surface area contributed by atoms with Gasteiger partial charge in [0.2, 0.25) is 5.91 Å². The van der Waals surface area contributed by atoms with Crippen LogP contribution in [-0.2, 0) is 16.1 Å². The van der Waals surface area contributed by atoms with Crippen molar-refractivity contribution in [3.05, 3.63) is 29.6 Å². The van der Waals surface area contributed by atoms with Crippen molar-refractivity contribution in [3.63, 3.8) is 0 Å². The zero-order chi connectivity index (χ0) is 14.5. The highest BCUT2D eigenvalue weighted by Gasteiger charge is 2.24. The van der Waals surface area contributed by atoms with E-state index in [1.165, 1.54) is 13.2 Å². The molecule has 0 unspecified atom stereocenters. The molecule has 110 valence electrons. The molecule has 1 aromatic carbocycles. The molecule has 1 atom stereocenters. The van der Waals surface area contributed by atoms with Crippen molar-refractivity contribution in [2.75, 3.05) is 33.9 Å². The fourth-order valence-electron chi connectivity index (χ4n) is 2.15. The van der Waals surface area contributed by atoms with Gasteiger partial charge in [-0.3, -0.25) is 4.79 Å². The van der Waals surface area contributed by atoms with Gasteiger partial charge in [-0.25, -0.2) is 4.39 Å². The van der Waals surface area contributed by atoms with E-state index in [4.69, 9.17) is 9.47 Å². The van der Waals surface area contributed by atoms with Gasteiger partial charge in [0.15, 0.2) is 11.6 Å². The summed E-state index contributed by atoms with van der Waals surface area (Å²) in [7, 11) is 3.11. The Balaban J connectivity index is 1.98. The molecule has 1 aliphatic rings. The number of nitrogens with zero attached hydrogens (tertiary/aromatic N) is 1. The Morgan fingerprint density at radius 3 is 3.00 bits per heavy atom. The number of carbonyl (C=O) groups is 1. The molecule has 0 spiro atoms. The smallest absolute Gasteiger partial charge is 0.242 e. The molecule has 1 saturated heterocycles. The average molecular weight is 282 g/mol. The maximum Gasteiger partial charge on any atom is 0.242 e. The van der Waals surface area contributed by atoms with Crippen molar-refractivity contribution in [2.24, 2.45) is 0 Å². The summed E-state index contributed by atoms with van der Waals surface area (Å²) in [5.74, 6) is -0.282. The van der Waals surface area contributed by atoms with Gasteiger partial charge in [0.25, 0.3) is 0 Å². The van der Waals surface area contributed by atoms with E-state index in [9.17, 15) is 9.18 Å². The fraction of sp³-hybridized carbons (Fsp3) is 0.500. The molecule has 1 amide bonds. The van der Waals surface area contributed by atoms with Gasteiger partial charge in [-0.05, 0) is 17.7 Å². The molecule has 5 nitrogen and oxygen atoms in total. The molecule has 1 aliphatic heterocycles. The third kappa shape index (κ3) is 3.46. The lowest BCUT2D eigenvalue weighted by molar-refractivity contribution is -0.135. The van der Waals surface area contributed by atoms with Crippen LogP contribution in [0.3, 0.4) is 0 Å². The van der Waals surface area contributed by atoms with Gasteiger partial charge in [-0.2, -0.15) is 0 Å². The molecule has 0 aliphatic carbocycles. The summed E-state index contributed by atoms with van der Waals surface area (Å²) in [6.45, 7) is 2.01. The SMILES string of the molecule is COc1ccc(CN(C)C(=O)[C@H]2COCCN2)cc1F. The molecule has 0 radical (unpaired) electrons. The van der Waals surface area contributed by atoms with Crippen LogP contribution in [0.2, 0.25) is 0 Å². The van der Waals surface area contributed by atoms with E-state index < -0.39 is 5.82 Å². The minimum absolute atomic E-state index is 0.0547. The minimum atomic E-state index is -0.426. The predicted octanol–water partition coefficient (Wildman–Crippen LogP) is 0.781. The van der Waals surface area contributed by atoms with E-state index in [2.05, 4.69) is 5.32 Å². The molecule has 1 fully saturated rings. The quantitative estimate of drug-likeness (QED) is 0.887. The average Bonchev–Trinajstić information content (AvgIpc) is 2.47. The van der Waals surface area contributed by atoms with E-state index in [0.29, 0.717) is 26.3 Å². The zero-order valence-corrected chi connectivity index (χ0v) is 11.7. The molecule has 1 aromatic rings. The van der Waals surface area contributed by atoms with Crippen molar-refractivity contribution < 1.29 is 18.7 Å². The summed E-state index contributed by atoms with van der Waals surface area (Å²) in [6.07, 6.45) is 0. The number of benzene rings is 1. The maximum atomic E-state index is 13.6. The van der Waals surface area contributed by atoms with Gasteiger partial charge >= 0.3 is 0 Å². The lowest BCUT2D eigenvalue weighted by Crippen LogP contribution is -2.51. The Morgan fingerprint density at radius 2 is 2.40 bits per heavy atom. The third-order valence-corrected chi connectivity index (χ3v) is 3.23. The number of morpholine rings is 1. The highest BCUT2D eigenvalue weighted by Crippen LogP contribution is 2.18. The summed E-state index contributed by atoms with van der Waals surface area (Å²) in [5.41, 5.74) is 0.718. The van der Waals surface area contributed by atoms with Gasteiger partial charge in [0, 0.05) is 20.1 Å². The first kappa shape index (κ1) is 14.7. The number of rotatable bonds is 4. The summed E-state index contributed by atoms with van der Waals surface area (Å²) < 4.78 is 23.7. The summed E-state index contributed by atoms with van der Waals surface area (Å²) in [6, 6.07) is 4.37. The first-order valence-electron chi connectivity index (χ1n) is 6.50. The molecule has 0 saturated carbocycles. The third-order valence-electron chi connectivity index (χ3n) is 3.23. The van der Waals surface area contributed by atoms with Crippen molar-refractivity contribution in [1.29, 1.82) is 0 Å². The number of likely N-dealkylation sites (N-methyl/N-ethyl adjacent to an activating group) is 1. The molecule has 20 heavy (non-hydrogen) atoms. The summed E-state index contributed by atoms with van der Waals surface area (Å²) in [5, 5.41) is 3.10. The second kappa shape index (κ2) is 6.67. The van der Waals surface area contributed by atoms with Crippen LogP contribution in [0, 0.1) is 5.82 Å². The number of amides is 1. The van der Waals surface area contributed by atoms with Crippen LogP contribution in [0.25, 0.3) is 0 Å². The number of ether oxygens (including phenoxy) is 2. The fourth-order valence-corrected chi connectivity index (χ4v) is 2.15. The van der Waals surface area contributed by atoms with Crippen LogP contribution in [0.5, 0.6) is 5.75 Å². The normalized spacial score (nSPS) is 18.6. The summed E-state index contributed by atoms with van der Waals surface area (Å²) in [4.78, 5) is 13.7. The minimum Gasteiger partial charge on any atom is -0.494 e. The van der Waals surface area contributed by atoms with Crippen LogP contribution >= 0.6 is 0 Å². The topological polar surface area (TPSA) is 50.8 Å². The number of methoxy groups -OCH3 is 1. The van der Waals surface area contributed by atoms with Gasteiger partial charge in [-0.15, -0.1) is 0 Å². The molecule has 1 N–H and O–H groups in total. The Hall–Kier alpha value is -1.66. The van der Waals surface area contributed by atoms with Gasteiger partial charge in [0.1, 0.15) is 6.04 Å². The van der Waals surface area contributed by atoms with E-state index >= 15 is 0 Å². The molecule has 0 aromatic heterocycles. The van der Waals surface area contributed by atoms with Crippen LogP contribution in [0.15, 0.2) is 18.2 Å². The predicted molar refractivity (Wildman–Crippen MR) is 72.0 cm³/mol. The molecule has 2 rings (SSSR count). The van der Waals surface area contributed by atoms with Crippen LogP contribution in [-0.4, -0.2) is 50.8 Å². The number of nitrogens with one attached hydrogen (secondary N) is 1. The Labute approximate surface area is 117 Å². The van der Waals surface area contributed by atoms with Crippen molar-refractivity contribution in [1.82, 2.24) is 10.2 Å². The van der Waals surface area contributed by atoms with E-state index in [0.717, 1.165) is 5.56 Å². The number of hydrogen-bond donors (Lipinski definition) is 1. The van der Waals surface area contributed by atoms with E-state index in [1.807, 2.05) is 0 Å². The van der Waals surface area contributed by atoms with Gasteiger partial charge in [-0.1, -0.05) is 6.07 Å².